The Morgan fingerprint density at radius 2 is 1.81 bits per heavy atom. The van der Waals surface area contributed by atoms with Crippen LogP contribution < -0.4 is 9.47 Å². The molecule has 4 nitrogen and oxygen atoms in total. The number of aliphatic hydroxyl groups excluding tert-OH is 1. The lowest BCUT2D eigenvalue weighted by Crippen LogP contribution is -2.14. The minimum Gasteiger partial charge on any atom is -0.493 e. The molecule has 0 aliphatic rings. The molecule has 0 saturated carbocycles. The van der Waals surface area contributed by atoms with Crippen LogP contribution in [0.5, 0.6) is 11.5 Å². The van der Waals surface area contributed by atoms with Crippen LogP contribution in [0.1, 0.15) is 25.8 Å². The van der Waals surface area contributed by atoms with Crippen LogP contribution in [0.4, 0.5) is 0 Å². The minimum absolute atomic E-state index is 0.220. The Balaban J connectivity index is 2.69. The molecule has 1 aromatic carbocycles. The summed E-state index contributed by atoms with van der Waals surface area (Å²) in [6.07, 6.45) is 1.77. The molecule has 1 rings (SSSR count). The van der Waals surface area contributed by atoms with E-state index in [0.29, 0.717) is 19.1 Å². The zero-order valence-electron chi connectivity index (χ0n) is 13.6. The van der Waals surface area contributed by atoms with Crippen molar-refractivity contribution in [3.05, 3.63) is 23.8 Å². The molecule has 2 atom stereocenters. The second-order valence-electron chi connectivity index (χ2n) is 5.52. The largest absolute Gasteiger partial charge is 0.493 e. The topological polar surface area (TPSA) is 47.9 Å². The van der Waals surface area contributed by atoms with Gasteiger partial charge >= 0.3 is 0 Å². The number of hydrogen-bond acceptors (Lipinski definition) is 4. The maximum Gasteiger partial charge on any atom is 0.161 e. The highest BCUT2D eigenvalue weighted by Gasteiger charge is 2.13. The van der Waals surface area contributed by atoms with Crippen LogP contribution in [0.3, 0.4) is 0 Å². The SMILES string of the molecule is COCCCOc1cc(CC(C)C(C)CO)ccc1OC. The van der Waals surface area contributed by atoms with Crippen LogP contribution in [0.15, 0.2) is 18.2 Å². The van der Waals surface area contributed by atoms with E-state index in [1.54, 1.807) is 14.2 Å². The van der Waals surface area contributed by atoms with Crippen molar-refractivity contribution < 1.29 is 19.3 Å². The number of rotatable bonds is 10. The molecule has 0 aliphatic carbocycles. The first-order valence-corrected chi connectivity index (χ1v) is 7.51. The molecule has 1 aromatic rings. The predicted molar refractivity (Wildman–Crippen MR) is 84.1 cm³/mol. The van der Waals surface area contributed by atoms with Crippen molar-refractivity contribution in [2.45, 2.75) is 26.7 Å². The monoisotopic (exact) mass is 296 g/mol. The Labute approximate surface area is 128 Å². The van der Waals surface area contributed by atoms with Crippen molar-refractivity contribution in [3.63, 3.8) is 0 Å². The molecule has 0 fully saturated rings. The van der Waals surface area contributed by atoms with Crippen LogP contribution >= 0.6 is 0 Å². The van der Waals surface area contributed by atoms with Gasteiger partial charge in [-0.1, -0.05) is 19.9 Å². The smallest absolute Gasteiger partial charge is 0.161 e. The fourth-order valence-electron chi connectivity index (χ4n) is 2.10. The fourth-order valence-corrected chi connectivity index (χ4v) is 2.10. The second-order valence-corrected chi connectivity index (χ2v) is 5.52. The van der Waals surface area contributed by atoms with Gasteiger partial charge in [0, 0.05) is 26.7 Å². The second kappa shape index (κ2) is 9.64. The lowest BCUT2D eigenvalue weighted by atomic mass is 9.90. The lowest BCUT2D eigenvalue weighted by Gasteiger charge is -2.18. The van der Waals surface area contributed by atoms with Crippen LogP contribution in [-0.4, -0.2) is 39.1 Å². The molecule has 0 amide bonds. The molecular weight excluding hydrogens is 268 g/mol. The van der Waals surface area contributed by atoms with E-state index in [-0.39, 0.29) is 12.5 Å². The molecule has 21 heavy (non-hydrogen) atoms. The van der Waals surface area contributed by atoms with Gasteiger partial charge in [-0.2, -0.15) is 0 Å². The van der Waals surface area contributed by atoms with Crippen LogP contribution in [0.25, 0.3) is 0 Å². The standard InChI is InChI=1S/C17H28O4/c1-13(14(2)12-18)10-15-6-7-16(20-4)17(11-15)21-9-5-8-19-3/h6-7,11,13-14,18H,5,8-10,12H2,1-4H3. The molecule has 0 bridgehead atoms. The minimum atomic E-state index is 0.220. The maximum atomic E-state index is 9.23. The van der Waals surface area contributed by atoms with Crippen LogP contribution in [0.2, 0.25) is 0 Å². The Bertz CT molecular complexity index is 406. The van der Waals surface area contributed by atoms with E-state index in [1.165, 1.54) is 5.56 Å². The Morgan fingerprint density at radius 3 is 2.43 bits per heavy atom. The highest BCUT2D eigenvalue weighted by molar-refractivity contribution is 5.43. The fraction of sp³-hybridized carbons (Fsp3) is 0.647. The molecule has 2 unspecified atom stereocenters. The van der Waals surface area contributed by atoms with Gasteiger partial charge in [0.15, 0.2) is 11.5 Å². The normalized spacial score (nSPS) is 13.8. The molecule has 0 spiro atoms. The molecule has 120 valence electrons. The summed E-state index contributed by atoms with van der Waals surface area (Å²) in [5.74, 6) is 2.23. The van der Waals surface area contributed by atoms with Crippen molar-refractivity contribution in [1.82, 2.24) is 0 Å². The van der Waals surface area contributed by atoms with Crippen molar-refractivity contribution >= 4 is 0 Å². The predicted octanol–water partition coefficient (Wildman–Crippen LogP) is 2.92. The van der Waals surface area contributed by atoms with Gasteiger partial charge in [0.2, 0.25) is 0 Å². The first-order chi connectivity index (χ1) is 10.1. The van der Waals surface area contributed by atoms with Crippen molar-refractivity contribution in [2.75, 3.05) is 34.0 Å². The first-order valence-electron chi connectivity index (χ1n) is 7.51. The van der Waals surface area contributed by atoms with Gasteiger partial charge in [-0.05, 0) is 36.0 Å². The van der Waals surface area contributed by atoms with Crippen molar-refractivity contribution in [2.24, 2.45) is 11.8 Å². The van der Waals surface area contributed by atoms with E-state index in [0.717, 1.165) is 24.3 Å². The Morgan fingerprint density at radius 1 is 1.05 bits per heavy atom. The highest BCUT2D eigenvalue weighted by atomic mass is 16.5. The van der Waals surface area contributed by atoms with Gasteiger partial charge < -0.3 is 19.3 Å². The van der Waals surface area contributed by atoms with Gasteiger partial charge in [-0.3, -0.25) is 0 Å². The third kappa shape index (κ3) is 5.94. The van der Waals surface area contributed by atoms with Gasteiger partial charge in [0.05, 0.1) is 13.7 Å². The van der Waals surface area contributed by atoms with Crippen molar-refractivity contribution in [1.29, 1.82) is 0 Å². The summed E-state index contributed by atoms with van der Waals surface area (Å²) >= 11 is 0. The van der Waals surface area contributed by atoms with E-state index in [2.05, 4.69) is 19.9 Å². The highest BCUT2D eigenvalue weighted by Crippen LogP contribution is 2.30. The molecule has 1 N–H and O–H groups in total. The van der Waals surface area contributed by atoms with Crippen LogP contribution in [0, 0.1) is 11.8 Å². The Kier molecular flexibility index (Phi) is 8.16. The number of hydrogen-bond donors (Lipinski definition) is 1. The number of benzene rings is 1. The summed E-state index contributed by atoms with van der Waals surface area (Å²) in [7, 11) is 3.33. The Hall–Kier alpha value is -1.26. The molecular formula is C17H28O4. The van der Waals surface area contributed by atoms with E-state index in [4.69, 9.17) is 14.2 Å². The third-order valence-corrected chi connectivity index (χ3v) is 3.80. The molecule has 0 radical (unpaired) electrons. The quantitative estimate of drug-likeness (QED) is 0.674. The molecule has 0 heterocycles. The van der Waals surface area contributed by atoms with Gasteiger partial charge in [0.1, 0.15) is 0 Å². The zero-order valence-corrected chi connectivity index (χ0v) is 13.6. The van der Waals surface area contributed by atoms with Crippen LogP contribution in [-0.2, 0) is 11.2 Å². The summed E-state index contributed by atoms with van der Waals surface area (Å²) in [6.45, 7) is 5.74. The number of aliphatic hydroxyl groups is 1. The summed E-state index contributed by atoms with van der Waals surface area (Å²) in [5.41, 5.74) is 1.20. The number of ether oxygens (including phenoxy) is 3. The zero-order chi connectivity index (χ0) is 15.7. The lowest BCUT2D eigenvalue weighted by molar-refractivity contribution is 0.170. The molecule has 0 aliphatic heterocycles. The van der Waals surface area contributed by atoms with Gasteiger partial charge in [0.25, 0.3) is 0 Å². The average Bonchev–Trinajstić information content (AvgIpc) is 2.51. The average molecular weight is 296 g/mol. The molecule has 4 heteroatoms. The summed E-state index contributed by atoms with van der Waals surface area (Å²) in [6, 6.07) is 6.03. The van der Waals surface area contributed by atoms with E-state index in [1.807, 2.05) is 12.1 Å². The summed E-state index contributed by atoms with van der Waals surface area (Å²) in [5, 5.41) is 9.23. The summed E-state index contributed by atoms with van der Waals surface area (Å²) < 4.78 is 16.1. The third-order valence-electron chi connectivity index (χ3n) is 3.80. The molecule has 0 aromatic heterocycles. The van der Waals surface area contributed by atoms with Crippen molar-refractivity contribution in [3.8, 4) is 11.5 Å². The first kappa shape index (κ1) is 17.8. The van der Waals surface area contributed by atoms with E-state index >= 15 is 0 Å². The van der Waals surface area contributed by atoms with Gasteiger partial charge in [-0.15, -0.1) is 0 Å². The summed E-state index contributed by atoms with van der Waals surface area (Å²) in [4.78, 5) is 0. The van der Waals surface area contributed by atoms with Gasteiger partial charge in [-0.25, -0.2) is 0 Å². The molecule has 0 saturated heterocycles. The van der Waals surface area contributed by atoms with E-state index in [9.17, 15) is 5.11 Å². The maximum absolute atomic E-state index is 9.23. The van der Waals surface area contributed by atoms with E-state index < -0.39 is 0 Å². The number of methoxy groups -OCH3 is 2.